The average molecular weight is 257 g/mol. The maximum Gasteiger partial charge on any atom is 0.180 e. The molecule has 0 aliphatic carbocycles. The maximum absolute atomic E-state index is 5.65. The minimum Gasteiger partial charge on any atom is -0.383 e. The van der Waals surface area contributed by atoms with Crippen molar-refractivity contribution >= 4 is 16.5 Å². The molecule has 2 heterocycles. The van der Waals surface area contributed by atoms with Crippen molar-refractivity contribution in [2.75, 3.05) is 39.2 Å². The van der Waals surface area contributed by atoms with Crippen LogP contribution in [0.2, 0.25) is 0 Å². The van der Waals surface area contributed by atoms with Crippen LogP contribution < -0.4 is 5.73 Å². The summed E-state index contributed by atoms with van der Waals surface area (Å²) in [6.45, 7) is 4.22. The van der Waals surface area contributed by atoms with E-state index >= 15 is 0 Å². The van der Waals surface area contributed by atoms with Crippen LogP contribution in [0.3, 0.4) is 0 Å². The van der Waals surface area contributed by atoms with Gasteiger partial charge in [0.05, 0.1) is 13.2 Å². The number of nitrogens with two attached hydrogens (primary N) is 1. The number of hydrogen-bond acceptors (Lipinski definition) is 6. The van der Waals surface area contributed by atoms with Crippen LogP contribution in [0.1, 0.15) is 11.3 Å². The summed E-state index contributed by atoms with van der Waals surface area (Å²) in [7, 11) is 1.73. The number of methoxy groups -OCH3 is 1. The van der Waals surface area contributed by atoms with E-state index in [2.05, 4.69) is 9.88 Å². The first-order valence-electron chi connectivity index (χ1n) is 5.80. The van der Waals surface area contributed by atoms with Gasteiger partial charge in [-0.3, -0.25) is 4.90 Å². The second-order valence-corrected chi connectivity index (χ2v) is 5.29. The predicted octanol–water partition coefficient (Wildman–Crippen LogP) is 0.963. The molecule has 6 heteroatoms. The molecule has 1 fully saturated rings. The van der Waals surface area contributed by atoms with E-state index in [0.29, 0.717) is 11.2 Å². The molecular formula is C11H19N3O2S. The zero-order chi connectivity index (χ0) is 12.1. The molecule has 1 saturated heterocycles. The Bertz CT molecular complexity index is 339. The van der Waals surface area contributed by atoms with Crippen molar-refractivity contribution in [3.05, 3.63) is 11.1 Å². The first-order valence-corrected chi connectivity index (χ1v) is 6.62. The largest absolute Gasteiger partial charge is 0.383 e. The van der Waals surface area contributed by atoms with Gasteiger partial charge < -0.3 is 15.2 Å². The van der Waals surface area contributed by atoms with Crippen molar-refractivity contribution in [3.63, 3.8) is 0 Å². The van der Waals surface area contributed by atoms with E-state index in [1.165, 1.54) is 4.88 Å². The number of anilines is 1. The number of ether oxygens (including phenoxy) is 2. The van der Waals surface area contributed by atoms with Crippen LogP contribution in [-0.2, 0) is 16.0 Å². The number of hydrogen-bond donors (Lipinski definition) is 1. The van der Waals surface area contributed by atoms with Crippen molar-refractivity contribution in [3.8, 4) is 0 Å². The van der Waals surface area contributed by atoms with E-state index in [9.17, 15) is 0 Å². The Kier molecular flexibility index (Phi) is 4.73. The van der Waals surface area contributed by atoms with Gasteiger partial charge in [0.15, 0.2) is 5.13 Å². The van der Waals surface area contributed by atoms with E-state index in [-0.39, 0.29) is 0 Å². The number of thiazole rings is 1. The van der Waals surface area contributed by atoms with Gasteiger partial charge in [-0.25, -0.2) is 4.98 Å². The molecule has 1 aromatic rings. The Labute approximate surface area is 106 Å². The molecule has 0 saturated carbocycles. The second kappa shape index (κ2) is 6.30. The summed E-state index contributed by atoms with van der Waals surface area (Å²) in [4.78, 5) is 7.68. The summed E-state index contributed by atoms with van der Waals surface area (Å²) in [6, 6.07) is 0.494. The van der Waals surface area contributed by atoms with Gasteiger partial charge in [0, 0.05) is 43.9 Å². The summed E-state index contributed by atoms with van der Waals surface area (Å²) < 4.78 is 10.6. The summed E-state index contributed by atoms with van der Waals surface area (Å²) in [6.07, 6.45) is 2.95. The zero-order valence-electron chi connectivity index (χ0n) is 10.1. The summed E-state index contributed by atoms with van der Waals surface area (Å²) in [5.41, 5.74) is 5.65. The van der Waals surface area contributed by atoms with Crippen LogP contribution in [0.25, 0.3) is 0 Å². The second-order valence-electron chi connectivity index (χ2n) is 4.15. The molecule has 1 aliphatic heterocycles. The van der Waals surface area contributed by atoms with Gasteiger partial charge in [-0.15, -0.1) is 11.3 Å². The van der Waals surface area contributed by atoms with Gasteiger partial charge in [0.1, 0.15) is 0 Å². The molecule has 0 spiro atoms. The van der Waals surface area contributed by atoms with Crippen molar-refractivity contribution in [2.45, 2.75) is 19.0 Å². The molecule has 0 aromatic carbocycles. The van der Waals surface area contributed by atoms with Crippen molar-refractivity contribution < 1.29 is 9.47 Å². The quantitative estimate of drug-likeness (QED) is 0.822. The van der Waals surface area contributed by atoms with E-state index in [0.717, 1.165) is 39.3 Å². The molecular weight excluding hydrogens is 238 g/mol. The lowest BCUT2D eigenvalue weighted by molar-refractivity contribution is 0.101. The molecule has 1 aliphatic rings. The minimum atomic E-state index is 0.494. The fraction of sp³-hybridized carbons (Fsp3) is 0.727. The van der Waals surface area contributed by atoms with Crippen LogP contribution >= 0.6 is 11.3 Å². The molecule has 2 rings (SSSR count). The van der Waals surface area contributed by atoms with Gasteiger partial charge in [-0.05, 0) is 6.42 Å². The monoisotopic (exact) mass is 257 g/mol. The van der Waals surface area contributed by atoms with Gasteiger partial charge >= 0.3 is 0 Å². The van der Waals surface area contributed by atoms with Crippen molar-refractivity contribution in [2.24, 2.45) is 0 Å². The smallest absolute Gasteiger partial charge is 0.180 e. The molecule has 1 unspecified atom stereocenters. The number of aromatic nitrogens is 1. The number of nitrogen functional groups attached to an aromatic ring is 1. The Morgan fingerprint density at radius 2 is 2.59 bits per heavy atom. The third-order valence-corrected chi connectivity index (χ3v) is 3.75. The molecule has 0 radical (unpaired) electrons. The predicted molar refractivity (Wildman–Crippen MR) is 68.0 cm³/mol. The molecule has 0 bridgehead atoms. The summed E-state index contributed by atoms with van der Waals surface area (Å²) in [5.74, 6) is 0. The number of nitrogens with zero attached hydrogens (tertiary/aromatic N) is 2. The zero-order valence-corrected chi connectivity index (χ0v) is 10.9. The van der Waals surface area contributed by atoms with Crippen molar-refractivity contribution in [1.29, 1.82) is 0 Å². The molecule has 2 N–H and O–H groups in total. The van der Waals surface area contributed by atoms with Crippen molar-refractivity contribution in [1.82, 2.24) is 9.88 Å². The van der Waals surface area contributed by atoms with Crippen LogP contribution in [0.4, 0.5) is 5.13 Å². The molecule has 1 aromatic heterocycles. The molecule has 96 valence electrons. The van der Waals surface area contributed by atoms with Crippen LogP contribution in [0, 0.1) is 0 Å². The van der Waals surface area contributed by atoms with Gasteiger partial charge in [0.2, 0.25) is 0 Å². The first-order chi connectivity index (χ1) is 8.29. The SMILES string of the molecule is COCCN(Cc1cnc(N)s1)C1CCOC1. The molecule has 1 atom stereocenters. The first kappa shape index (κ1) is 12.8. The maximum atomic E-state index is 5.65. The average Bonchev–Trinajstić information content (AvgIpc) is 2.95. The van der Waals surface area contributed by atoms with E-state index in [4.69, 9.17) is 15.2 Å². The third kappa shape index (κ3) is 3.64. The normalized spacial score (nSPS) is 20.2. The van der Waals surface area contributed by atoms with E-state index in [1.54, 1.807) is 18.4 Å². The summed E-state index contributed by atoms with van der Waals surface area (Å²) >= 11 is 1.55. The molecule has 5 nitrogen and oxygen atoms in total. The highest BCUT2D eigenvalue weighted by Gasteiger charge is 2.23. The van der Waals surface area contributed by atoms with Gasteiger partial charge in [0.25, 0.3) is 0 Å². The Morgan fingerprint density at radius 3 is 3.18 bits per heavy atom. The fourth-order valence-electron chi connectivity index (χ4n) is 2.01. The number of rotatable bonds is 6. The molecule has 0 amide bonds. The third-order valence-electron chi connectivity index (χ3n) is 2.94. The van der Waals surface area contributed by atoms with E-state index < -0.39 is 0 Å². The highest BCUT2D eigenvalue weighted by Crippen LogP contribution is 2.20. The Balaban J connectivity index is 1.94. The van der Waals surface area contributed by atoms with Crippen LogP contribution in [0.5, 0.6) is 0 Å². The fourth-order valence-corrected chi connectivity index (χ4v) is 2.72. The standard InChI is InChI=1S/C11H19N3O2S/c1-15-5-3-14(9-2-4-16-8-9)7-10-6-13-11(12)17-10/h6,9H,2-5,7-8H2,1H3,(H2,12,13). The summed E-state index contributed by atoms with van der Waals surface area (Å²) in [5, 5.41) is 0.634. The van der Waals surface area contributed by atoms with Crippen LogP contribution in [-0.4, -0.2) is 49.4 Å². The minimum absolute atomic E-state index is 0.494. The van der Waals surface area contributed by atoms with Gasteiger partial charge in [-0.2, -0.15) is 0 Å². The lowest BCUT2D eigenvalue weighted by Gasteiger charge is -2.26. The van der Waals surface area contributed by atoms with Gasteiger partial charge in [-0.1, -0.05) is 0 Å². The Morgan fingerprint density at radius 1 is 1.71 bits per heavy atom. The highest BCUT2D eigenvalue weighted by atomic mass is 32.1. The topological polar surface area (TPSA) is 60.6 Å². The highest BCUT2D eigenvalue weighted by molar-refractivity contribution is 7.15. The van der Waals surface area contributed by atoms with Crippen LogP contribution in [0.15, 0.2) is 6.20 Å². The molecule has 17 heavy (non-hydrogen) atoms. The lowest BCUT2D eigenvalue weighted by Crippen LogP contribution is -2.37. The Hall–Kier alpha value is -0.690. The lowest BCUT2D eigenvalue weighted by atomic mass is 10.2. The van der Waals surface area contributed by atoms with E-state index in [1.807, 2.05) is 6.20 Å².